The van der Waals surface area contributed by atoms with Crippen LogP contribution in [0.1, 0.15) is 25.7 Å². The van der Waals surface area contributed by atoms with Gasteiger partial charge in [0.15, 0.2) is 0 Å². The van der Waals surface area contributed by atoms with Gasteiger partial charge in [0.1, 0.15) is 6.10 Å². The molecule has 1 N–H and O–H groups in total. The number of carboxylic acid groups (broad SMARTS) is 1. The van der Waals surface area contributed by atoms with Gasteiger partial charge in [0.25, 0.3) is 0 Å². The maximum absolute atomic E-state index is 12.2. The second-order valence-electron chi connectivity index (χ2n) is 6.21. The minimum absolute atomic E-state index is 0.000741. The van der Waals surface area contributed by atoms with Crippen LogP contribution in [0, 0.1) is 17.8 Å². The van der Waals surface area contributed by atoms with Crippen LogP contribution in [0.4, 0.5) is 0 Å². The summed E-state index contributed by atoms with van der Waals surface area (Å²) in [6, 6.07) is 0. The molecule has 0 aromatic heterocycles. The quantitative estimate of drug-likeness (QED) is 0.590. The van der Waals surface area contributed by atoms with E-state index in [0.29, 0.717) is 6.42 Å². The van der Waals surface area contributed by atoms with Crippen molar-refractivity contribution in [2.45, 2.75) is 35.9 Å². The molecule has 0 bridgehead atoms. The Morgan fingerprint density at radius 2 is 2.10 bits per heavy atom. The Kier molecular flexibility index (Phi) is 3.30. The predicted molar refractivity (Wildman–Crippen MR) is 82.2 cm³/mol. The summed E-state index contributed by atoms with van der Waals surface area (Å²) in [6.45, 7) is 0. The Bertz CT molecular complexity index is 524. The lowest BCUT2D eigenvalue weighted by Crippen LogP contribution is -2.46. The van der Waals surface area contributed by atoms with E-state index in [4.69, 9.17) is 4.74 Å². The van der Waals surface area contributed by atoms with Crippen LogP contribution in [0.25, 0.3) is 0 Å². The van der Waals surface area contributed by atoms with Crippen molar-refractivity contribution in [2.75, 3.05) is 11.5 Å². The fraction of sp³-hybridized carbons (Fsp3) is 0.733. The largest absolute Gasteiger partial charge is 0.481 e. The van der Waals surface area contributed by atoms with Crippen molar-refractivity contribution in [3.63, 3.8) is 0 Å². The molecule has 2 saturated heterocycles. The molecule has 1 saturated carbocycles. The normalized spacial score (nSPS) is 40.4. The number of allylic oxidation sites excluding steroid dienone is 1. The third kappa shape index (κ3) is 1.98. The first-order valence-corrected chi connectivity index (χ1v) is 9.51. The van der Waals surface area contributed by atoms with Crippen LogP contribution in [0.3, 0.4) is 0 Å². The first-order chi connectivity index (χ1) is 10.1. The molecule has 21 heavy (non-hydrogen) atoms. The van der Waals surface area contributed by atoms with Gasteiger partial charge in [-0.25, -0.2) is 0 Å². The van der Waals surface area contributed by atoms with Crippen LogP contribution in [0.15, 0.2) is 11.6 Å². The smallest absolute Gasteiger partial charge is 0.310 e. The average Bonchev–Trinajstić information content (AvgIpc) is 2.82. The molecular formula is C15H18O4S2. The maximum atomic E-state index is 12.2. The molecular weight excluding hydrogens is 308 g/mol. The van der Waals surface area contributed by atoms with Gasteiger partial charge < -0.3 is 9.84 Å². The first kappa shape index (κ1) is 14.0. The summed E-state index contributed by atoms with van der Waals surface area (Å²) >= 11 is 3.99. The minimum Gasteiger partial charge on any atom is -0.481 e. The van der Waals surface area contributed by atoms with E-state index in [1.54, 1.807) is 0 Å². The highest BCUT2D eigenvalue weighted by Gasteiger charge is 2.60. The van der Waals surface area contributed by atoms with Crippen molar-refractivity contribution in [2.24, 2.45) is 17.8 Å². The SMILES string of the molecule is O=C1O[C@@H]2CCC3(SCCCS3)C3=CC[C@H](C(=O)O)[C@H]1[C@@H]32. The molecule has 0 amide bonds. The molecule has 4 nitrogen and oxygen atoms in total. The lowest BCUT2D eigenvalue weighted by atomic mass is 9.66. The van der Waals surface area contributed by atoms with Crippen LogP contribution < -0.4 is 0 Å². The van der Waals surface area contributed by atoms with Gasteiger partial charge in [-0.1, -0.05) is 6.08 Å². The predicted octanol–water partition coefficient (Wildman–Crippen LogP) is 2.54. The molecule has 2 heterocycles. The highest BCUT2D eigenvalue weighted by atomic mass is 32.2. The van der Waals surface area contributed by atoms with Crippen molar-refractivity contribution in [3.05, 3.63) is 11.6 Å². The number of esters is 1. The third-order valence-electron chi connectivity index (χ3n) is 5.19. The highest BCUT2D eigenvalue weighted by Crippen LogP contribution is 2.61. The number of hydrogen-bond acceptors (Lipinski definition) is 5. The Labute approximate surface area is 132 Å². The number of thioether (sulfide) groups is 2. The fourth-order valence-corrected chi connectivity index (χ4v) is 7.84. The number of fused-ring (bicyclic) bond motifs is 1. The van der Waals surface area contributed by atoms with E-state index < -0.39 is 17.8 Å². The molecule has 1 spiro atoms. The van der Waals surface area contributed by atoms with E-state index in [1.807, 2.05) is 23.5 Å². The molecule has 0 radical (unpaired) electrons. The Morgan fingerprint density at radius 3 is 2.81 bits per heavy atom. The van der Waals surface area contributed by atoms with Gasteiger partial charge in [-0.2, -0.15) is 0 Å². The summed E-state index contributed by atoms with van der Waals surface area (Å²) in [6.07, 6.45) is 5.64. The summed E-state index contributed by atoms with van der Waals surface area (Å²) in [5.74, 6) is 0.0898. The zero-order valence-electron chi connectivity index (χ0n) is 11.6. The minimum atomic E-state index is -0.864. The summed E-state index contributed by atoms with van der Waals surface area (Å²) in [7, 11) is 0. The molecule has 2 aliphatic carbocycles. The lowest BCUT2D eigenvalue weighted by Gasteiger charge is -2.48. The van der Waals surface area contributed by atoms with E-state index in [0.717, 1.165) is 24.3 Å². The molecule has 0 unspecified atom stereocenters. The Morgan fingerprint density at radius 1 is 1.33 bits per heavy atom. The number of ether oxygens (including phenoxy) is 1. The van der Waals surface area contributed by atoms with Crippen molar-refractivity contribution in [1.29, 1.82) is 0 Å². The van der Waals surface area contributed by atoms with Crippen LogP contribution in [-0.4, -0.2) is 38.7 Å². The number of carbonyl (C=O) groups is 2. The zero-order valence-corrected chi connectivity index (χ0v) is 13.3. The van der Waals surface area contributed by atoms with Gasteiger partial charge in [0, 0.05) is 5.92 Å². The monoisotopic (exact) mass is 326 g/mol. The van der Waals surface area contributed by atoms with E-state index in [-0.39, 0.29) is 22.1 Å². The number of carbonyl (C=O) groups excluding carboxylic acids is 1. The van der Waals surface area contributed by atoms with Gasteiger partial charge in [-0.3, -0.25) is 9.59 Å². The first-order valence-electron chi connectivity index (χ1n) is 7.54. The lowest BCUT2D eigenvalue weighted by molar-refractivity contribution is -0.152. The molecule has 4 rings (SSSR count). The molecule has 114 valence electrons. The van der Waals surface area contributed by atoms with E-state index in [2.05, 4.69) is 6.08 Å². The van der Waals surface area contributed by atoms with Crippen LogP contribution >= 0.6 is 23.5 Å². The van der Waals surface area contributed by atoms with Crippen molar-refractivity contribution in [3.8, 4) is 0 Å². The van der Waals surface area contributed by atoms with Gasteiger partial charge in [-0.15, -0.1) is 23.5 Å². The molecule has 2 aliphatic heterocycles. The molecule has 0 aromatic rings. The van der Waals surface area contributed by atoms with Crippen molar-refractivity contribution in [1.82, 2.24) is 0 Å². The second-order valence-corrected chi connectivity index (χ2v) is 9.25. The molecule has 4 aliphatic rings. The van der Waals surface area contributed by atoms with Gasteiger partial charge in [0.2, 0.25) is 0 Å². The summed E-state index contributed by atoms with van der Waals surface area (Å²) in [5.41, 5.74) is 1.31. The third-order valence-corrected chi connectivity index (χ3v) is 8.69. The number of aliphatic carboxylic acids is 1. The zero-order chi connectivity index (χ0) is 14.6. The standard InChI is InChI=1S/C15H18O4S2/c16-13(17)8-2-3-9-12-10(19-14(18)11(8)12)4-5-15(9)20-6-1-7-21-15/h3,8,10-12H,1-2,4-7H2,(H,16,17)/t8-,10+,11-,12-/m0/s1. The molecule has 4 atom stereocenters. The number of rotatable bonds is 1. The fourth-order valence-electron chi connectivity index (χ4n) is 4.29. The highest BCUT2D eigenvalue weighted by molar-refractivity contribution is 8.19. The summed E-state index contributed by atoms with van der Waals surface area (Å²) in [5, 5.41) is 9.42. The van der Waals surface area contributed by atoms with E-state index >= 15 is 0 Å². The van der Waals surface area contributed by atoms with Crippen LogP contribution in [-0.2, 0) is 14.3 Å². The Hall–Kier alpha value is -0.620. The van der Waals surface area contributed by atoms with Crippen LogP contribution in [0.5, 0.6) is 0 Å². The second kappa shape index (κ2) is 4.95. The average molecular weight is 326 g/mol. The topological polar surface area (TPSA) is 63.6 Å². The summed E-state index contributed by atoms with van der Waals surface area (Å²) < 4.78 is 5.61. The molecule has 6 heteroatoms. The Balaban J connectivity index is 1.75. The van der Waals surface area contributed by atoms with Crippen LogP contribution in [0.2, 0.25) is 0 Å². The number of carboxylic acids is 1. The molecule has 0 aromatic carbocycles. The van der Waals surface area contributed by atoms with Crippen molar-refractivity contribution >= 4 is 35.5 Å². The van der Waals surface area contributed by atoms with Gasteiger partial charge in [0.05, 0.1) is 15.9 Å². The maximum Gasteiger partial charge on any atom is 0.310 e. The molecule has 3 fully saturated rings. The van der Waals surface area contributed by atoms with E-state index in [1.165, 1.54) is 12.0 Å². The van der Waals surface area contributed by atoms with Gasteiger partial charge in [-0.05, 0) is 42.8 Å². The van der Waals surface area contributed by atoms with Gasteiger partial charge >= 0.3 is 11.9 Å². The number of hydrogen-bond donors (Lipinski definition) is 1. The van der Waals surface area contributed by atoms with E-state index in [9.17, 15) is 14.7 Å². The van der Waals surface area contributed by atoms with Crippen molar-refractivity contribution < 1.29 is 19.4 Å². The summed E-state index contributed by atoms with van der Waals surface area (Å²) in [4.78, 5) is 23.7.